The van der Waals surface area contributed by atoms with Gasteiger partial charge in [0, 0.05) is 10.7 Å². The first-order valence-electron chi connectivity index (χ1n) is 5.38. The van der Waals surface area contributed by atoms with Gasteiger partial charge in [-0.3, -0.25) is 0 Å². The van der Waals surface area contributed by atoms with Gasteiger partial charge in [0.25, 0.3) is 0 Å². The molecule has 0 saturated carbocycles. The van der Waals surface area contributed by atoms with Crippen LogP contribution in [0.3, 0.4) is 0 Å². The quantitative estimate of drug-likeness (QED) is 0.527. The second-order valence-corrected chi connectivity index (χ2v) is 4.37. The Balaban J connectivity index is 2.84. The van der Waals surface area contributed by atoms with E-state index < -0.39 is 5.97 Å². The average molecular weight is 309 g/mol. The predicted octanol–water partition coefficient (Wildman–Crippen LogP) is 3.14. The number of esters is 1. The van der Waals surface area contributed by atoms with E-state index >= 15 is 0 Å². The lowest BCUT2D eigenvalue weighted by Crippen LogP contribution is -2.08. The Morgan fingerprint density at radius 3 is 2.89 bits per heavy atom. The third kappa shape index (κ3) is 3.90. The monoisotopic (exact) mass is 308 g/mol. The summed E-state index contributed by atoms with van der Waals surface area (Å²) in [5.74, 6) is -0.629. The van der Waals surface area contributed by atoms with Gasteiger partial charge in [0.05, 0.1) is 12.3 Å². The number of aryl methyl sites for hydroxylation is 1. The zero-order valence-electron chi connectivity index (χ0n) is 10.2. The molecular formula is C13H13BrN2O2. The van der Waals surface area contributed by atoms with Gasteiger partial charge in [-0.1, -0.05) is 6.07 Å². The summed E-state index contributed by atoms with van der Waals surface area (Å²) in [6.45, 7) is 3.91. The summed E-state index contributed by atoms with van der Waals surface area (Å²) in [6, 6.07) is 7.52. The van der Waals surface area contributed by atoms with E-state index in [1.165, 1.54) is 6.20 Å². The first kappa shape index (κ1) is 14.3. The lowest BCUT2D eigenvalue weighted by molar-refractivity contribution is -0.138. The number of ether oxygens (including phenoxy) is 1. The van der Waals surface area contributed by atoms with Crippen LogP contribution in [0.1, 0.15) is 12.5 Å². The number of benzene rings is 1. The minimum atomic E-state index is -0.629. The Bertz CT molecular complexity index is 518. The Morgan fingerprint density at radius 1 is 1.61 bits per heavy atom. The fourth-order valence-corrected chi connectivity index (χ4v) is 1.84. The van der Waals surface area contributed by atoms with Crippen molar-refractivity contribution in [1.82, 2.24) is 0 Å². The second-order valence-electron chi connectivity index (χ2n) is 3.52. The van der Waals surface area contributed by atoms with Gasteiger partial charge in [-0.2, -0.15) is 5.26 Å². The molecule has 5 heteroatoms. The number of carbonyl (C=O) groups excluding carboxylic acids is 1. The van der Waals surface area contributed by atoms with Gasteiger partial charge in [-0.25, -0.2) is 4.79 Å². The van der Waals surface area contributed by atoms with Crippen molar-refractivity contribution >= 4 is 27.6 Å². The summed E-state index contributed by atoms with van der Waals surface area (Å²) >= 11 is 3.40. The van der Waals surface area contributed by atoms with Gasteiger partial charge >= 0.3 is 5.97 Å². The second kappa shape index (κ2) is 6.82. The van der Waals surface area contributed by atoms with Crippen molar-refractivity contribution < 1.29 is 9.53 Å². The van der Waals surface area contributed by atoms with E-state index in [1.807, 2.05) is 25.1 Å². The first-order chi connectivity index (χ1) is 8.58. The maximum Gasteiger partial charge on any atom is 0.350 e. The lowest BCUT2D eigenvalue weighted by Gasteiger charge is -2.06. The van der Waals surface area contributed by atoms with Crippen LogP contribution in [-0.4, -0.2) is 12.6 Å². The maximum absolute atomic E-state index is 11.4. The molecule has 0 aliphatic rings. The van der Waals surface area contributed by atoms with E-state index in [-0.39, 0.29) is 12.2 Å². The van der Waals surface area contributed by atoms with Gasteiger partial charge in [-0.15, -0.1) is 0 Å². The lowest BCUT2D eigenvalue weighted by atomic mass is 10.2. The van der Waals surface area contributed by atoms with E-state index in [4.69, 9.17) is 10.00 Å². The number of hydrogen-bond acceptors (Lipinski definition) is 4. The number of hydrogen-bond donors (Lipinski definition) is 1. The molecule has 0 bridgehead atoms. The highest BCUT2D eigenvalue weighted by atomic mass is 79.9. The molecule has 0 aliphatic heterocycles. The number of nitrogens with one attached hydrogen (secondary N) is 1. The van der Waals surface area contributed by atoms with Crippen LogP contribution in [0.4, 0.5) is 5.69 Å². The van der Waals surface area contributed by atoms with Crippen LogP contribution < -0.4 is 5.32 Å². The van der Waals surface area contributed by atoms with E-state index in [1.54, 1.807) is 13.0 Å². The highest BCUT2D eigenvalue weighted by Crippen LogP contribution is 2.23. The molecule has 0 spiro atoms. The van der Waals surface area contributed by atoms with E-state index in [0.717, 1.165) is 15.7 Å². The molecule has 94 valence electrons. The molecule has 0 fully saturated rings. The highest BCUT2D eigenvalue weighted by Gasteiger charge is 2.09. The fraction of sp³-hybridized carbons (Fsp3) is 0.231. The van der Waals surface area contributed by atoms with Crippen molar-refractivity contribution in [3.05, 3.63) is 40.0 Å². The minimum Gasteiger partial charge on any atom is -0.462 e. The zero-order chi connectivity index (χ0) is 13.5. The third-order valence-electron chi connectivity index (χ3n) is 2.11. The first-order valence-corrected chi connectivity index (χ1v) is 6.18. The maximum atomic E-state index is 11.4. The van der Waals surface area contributed by atoms with E-state index in [9.17, 15) is 4.79 Å². The van der Waals surface area contributed by atoms with Crippen molar-refractivity contribution in [3.63, 3.8) is 0 Å². The number of carbonyl (C=O) groups is 1. The molecule has 1 aromatic rings. The molecular weight excluding hydrogens is 296 g/mol. The molecule has 4 nitrogen and oxygen atoms in total. The molecule has 0 radical (unpaired) electrons. The summed E-state index contributed by atoms with van der Waals surface area (Å²) < 4.78 is 5.61. The fourth-order valence-electron chi connectivity index (χ4n) is 1.23. The highest BCUT2D eigenvalue weighted by molar-refractivity contribution is 9.10. The Hall–Kier alpha value is -1.80. The van der Waals surface area contributed by atoms with Crippen molar-refractivity contribution in [2.75, 3.05) is 11.9 Å². The number of rotatable bonds is 4. The number of halogens is 1. The largest absolute Gasteiger partial charge is 0.462 e. The number of nitriles is 1. The van der Waals surface area contributed by atoms with Crippen molar-refractivity contribution in [3.8, 4) is 6.07 Å². The minimum absolute atomic E-state index is 0.0654. The normalized spacial score (nSPS) is 10.7. The Kier molecular flexibility index (Phi) is 5.40. The van der Waals surface area contributed by atoms with E-state index in [0.29, 0.717) is 0 Å². The molecule has 0 saturated heterocycles. The molecule has 1 rings (SSSR count). The summed E-state index contributed by atoms with van der Waals surface area (Å²) in [5.41, 5.74) is 1.82. The Labute approximate surface area is 114 Å². The van der Waals surface area contributed by atoms with E-state index in [2.05, 4.69) is 21.2 Å². The molecule has 1 N–H and O–H groups in total. The third-order valence-corrected chi connectivity index (χ3v) is 2.77. The molecule has 0 heterocycles. The van der Waals surface area contributed by atoms with Crippen molar-refractivity contribution in [1.29, 1.82) is 5.26 Å². The SMILES string of the molecule is CCOC(=O)/C(C#N)=C/Nc1ccc(C)cc1Br. The summed E-state index contributed by atoms with van der Waals surface area (Å²) in [5, 5.41) is 11.7. The standard InChI is InChI=1S/C13H13BrN2O2/c1-3-18-13(17)10(7-15)8-16-12-5-4-9(2)6-11(12)14/h4-6,8,16H,3H2,1-2H3/b10-8+. The molecule has 0 atom stereocenters. The van der Waals surface area contributed by atoms with Gasteiger partial charge in [0.1, 0.15) is 6.07 Å². The molecule has 0 amide bonds. The molecule has 0 aromatic heterocycles. The van der Waals surface area contributed by atoms with Crippen LogP contribution in [0.15, 0.2) is 34.4 Å². The van der Waals surface area contributed by atoms with Gasteiger partial charge in [0.15, 0.2) is 5.57 Å². The smallest absolute Gasteiger partial charge is 0.350 e. The Morgan fingerprint density at radius 2 is 2.33 bits per heavy atom. The number of anilines is 1. The van der Waals surface area contributed by atoms with Crippen molar-refractivity contribution in [2.45, 2.75) is 13.8 Å². The van der Waals surface area contributed by atoms with Gasteiger partial charge in [0.2, 0.25) is 0 Å². The van der Waals surface area contributed by atoms with Crippen LogP contribution in [-0.2, 0) is 9.53 Å². The van der Waals surface area contributed by atoms with Crippen LogP contribution in [0.25, 0.3) is 0 Å². The van der Waals surface area contributed by atoms with Gasteiger partial charge < -0.3 is 10.1 Å². The van der Waals surface area contributed by atoms with Crippen LogP contribution in [0.2, 0.25) is 0 Å². The summed E-state index contributed by atoms with van der Waals surface area (Å²) in [4.78, 5) is 11.4. The van der Waals surface area contributed by atoms with Crippen LogP contribution >= 0.6 is 15.9 Å². The molecule has 0 unspecified atom stereocenters. The molecule has 0 aliphatic carbocycles. The molecule has 18 heavy (non-hydrogen) atoms. The number of nitrogens with zero attached hydrogens (tertiary/aromatic N) is 1. The average Bonchev–Trinajstić information content (AvgIpc) is 2.32. The van der Waals surface area contributed by atoms with Crippen LogP contribution in [0, 0.1) is 18.3 Å². The zero-order valence-corrected chi connectivity index (χ0v) is 11.7. The van der Waals surface area contributed by atoms with Gasteiger partial charge in [-0.05, 0) is 47.5 Å². The van der Waals surface area contributed by atoms with Crippen LogP contribution in [0.5, 0.6) is 0 Å². The van der Waals surface area contributed by atoms with Crippen molar-refractivity contribution in [2.24, 2.45) is 0 Å². The predicted molar refractivity (Wildman–Crippen MR) is 72.8 cm³/mol. The summed E-state index contributed by atoms with van der Waals surface area (Å²) in [6.07, 6.45) is 1.34. The summed E-state index contributed by atoms with van der Waals surface area (Å²) in [7, 11) is 0. The topological polar surface area (TPSA) is 62.1 Å². The molecule has 1 aromatic carbocycles.